The Hall–Kier alpha value is -4.08. The maximum absolute atomic E-state index is 15.8. The van der Waals surface area contributed by atoms with Gasteiger partial charge in [0.05, 0.1) is 27.0 Å². The van der Waals surface area contributed by atoms with E-state index in [1.54, 1.807) is 6.07 Å². The van der Waals surface area contributed by atoms with Crippen molar-refractivity contribution in [2.24, 2.45) is 0 Å². The van der Waals surface area contributed by atoms with E-state index in [1.165, 1.54) is 29.7 Å². The molecule has 0 fully saturated rings. The highest BCUT2D eigenvalue weighted by Gasteiger charge is 2.25. The van der Waals surface area contributed by atoms with Gasteiger partial charge in [-0.05, 0) is 36.4 Å². The topological polar surface area (TPSA) is 146 Å². The Morgan fingerprint density at radius 1 is 1.07 bits per heavy atom. The van der Waals surface area contributed by atoms with E-state index in [9.17, 15) is 22.0 Å². The number of nitrogens with one attached hydrogen (secondary N) is 3. The molecule has 0 aliphatic carbocycles. The number of aliphatic hydroxyl groups is 1. The molecule has 0 aliphatic heterocycles. The molecular weight excluding hydrogens is 581 g/mol. The Balaban J connectivity index is 1.69. The van der Waals surface area contributed by atoms with Crippen molar-refractivity contribution in [3.63, 3.8) is 0 Å². The molecule has 0 aliphatic rings. The highest BCUT2D eigenvalue weighted by molar-refractivity contribution is 7.92. The average Bonchev–Trinajstić information content (AvgIpc) is 3.39. The Kier molecular flexibility index (Phi) is 9.20. The van der Waals surface area contributed by atoms with Crippen LogP contribution in [0.2, 0.25) is 0 Å². The number of aromatic nitrogens is 3. The summed E-state index contributed by atoms with van der Waals surface area (Å²) < 4.78 is 71.3. The summed E-state index contributed by atoms with van der Waals surface area (Å²) in [4.78, 5) is 24.0. The van der Waals surface area contributed by atoms with Crippen LogP contribution in [0.25, 0.3) is 21.8 Å². The maximum atomic E-state index is 15.8. The summed E-state index contributed by atoms with van der Waals surface area (Å²) in [5.41, 5.74) is 0.0941. The lowest BCUT2D eigenvalue weighted by molar-refractivity contribution is -0.123. The predicted octanol–water partition coefficient (Wildman–Crippen LogP) is 4.13. The summed E-state index contributed by atoms with van der Waals surface area (Å²) in [5, 5.41) is 14.9. The summed E-state index contributed by atoms with van der Waals surface area (Å²) in [6, 6.07) is 7.54. The first-order valence-corrected chi connectivity index (χ1v) is 14.5. The van der Waals surface area contributed by atoms with Crippen LogP contribution in [-0.2, 0) is 14.8 Å². The molecule has 0 atom stereocenters. The van der Waals surface area contributed by atoms with Crippen molar-refractivity contribution in [1.29, 1.82) is 0 Å². The van der Waals surface area contributed by atoms with Crippen LogP contribution in [0.3, 0.4) is 0 Å². The van der Waals surface area contributed by atoms with Gasteiger partial charge in [0.1, 0.15) is 23.1 Å². The lowest BCUT2D eigenvalue weighted by atomic mass is 10.1. The van der Waals surface area contributed by atoms with Crippen LogP contribution in [0, 0.1) is 17.5 Å². The highest BCUT2D eigenvalue weighted by atomic mass is 32.2. The molecule has 0 saturated carbocycles. The quantitative estimate of drug-likeness (QED) is 0.187. The number of nitrogens with zero attached hydrogens (tertiary/aromatic N) is 3. The number of halogens is 3. The Bertz CT molecular complexity index is 1680. The summed E-state index contributed by atoms with van der Waals surface area (Å²) in [6.07, 6.45) is 1.49. The number of hydrogen-bond donors (Lipinski definition) is 4. The molecule has 2 heterocycles. The van der Waals surface area contributed by atoms with Gasteiger partial charge in [0.2, 0.25) is 11.9 Å². The summed E-state index contributed by atoms with van der Waals surface area (Å²) >= 11 is 1.28. The largest absolute Gasteiger partial charge is 0.387 e. The van der Waals surface area contributed by atoms with Crippen LogP contribution >= 0.6 is 11.3 Å². The van der Waals surface area contributed by atoms with Crippen molar-refractivity contribution in [2.75, 3.05) is 29.7 Å². The standard InChI is InChI=1S/C26H25F3N6O4S2/c1-14(2)25-34-23(24(40-25)19-8-9-31-26(33-19)32-11-10-30-21(37)13-36)16-4-3-5-18(22(16)29)35-41(38,39)20-12-15(27)6-7-17(20)28/h3-9,12,14,35-36H,10-11,13H2,1-2H3,(H,30,37)(H,31,32,33). The number of rotatable bonds is 11. The van der Waals surface area contributed by atoms with Gasteiger partial charge in [-0.2, -0.15) is 0 Å². The zero-order valence-corrected chi connectivity index (χ0v) is 23.4. The van der Waals surface area contributed by atoms with Gasteiger partial charge in [0, 0.05) is 30.8 Å². The van der Waals surface area contributed by atoms with Crippen molar-refractivity contribution < 1.29 is 31.5 Å². The van der Waals surface area contributed by atoms with Crippen molar-refractivity contribution in [2.45, 2.75) is 24.7 Å². The van der Waals surface area contributed by atoms with Crippen LogP contribution in [-0.4, -0.2) is 54.1 Å². The van der Waals surface area contributed by atoms with Crippen molar-refractivity contribution in [3.8, 4) is 21.8 Å². The van der Waals surface area contributed by atoms with E-state index >= 15 is 4.39 Å². The molecule has 1 amide bonds. The molecule has 15 heteroatoms. The van der Waals surface area contributed by atoms with Crippen molar-refractivity contribution in [1.82, 2.24) is 20.3 Å². The maximum Gasteiger partial charge on any atom is 0.265 e. The fourth-order valence-electron chi connectivity index (χ4n) is 3.62. The van der Waals surface area contributed by atoms with E-state index < -0.39 is 50.6 Å². The van der Waals surface area contributed by atoms with E-state index in [-0.39, 0.29) is 36.2 Å². The third-order valence-electron chi connectivity index (χ3n) is 5.58. The molecule has 10 nitrogen and oxygen atoms in total. The van der Waals surface area contributed by atoms with Crippen LogP contribution < -0.4 is 15.4 Å². The van der Waals surface area contributed by atoms with Gasteiger partial charge in [0.15, 0.2) is 5.82 Å². The zero-order chi connectivity index (χ0) is 29.7. The predicted molar refractivity (Wildman–Crippen MR) is 148 cm³/mol. The first-order chi connectivity index (χ1) is 19.5. The molecule has 2 aromatic heterocycles. The monoisotopic (exact) mass is 606 g/mol. The number of carbonyl (C=O) groups is 1. The van der Waals surface area contributed by atoms with E-state index in [0.29, 0.717) is 27.7 Å². The van der Waals surface area contributed by atoms with Gasteiger partial charge < -0.3 is 15.7 Å². The third-order valence-corrected chi connectivity index (χ3v) is 8.34. The van der Waals surface area contributed by atoms with Crippen LogP contribution in [0.4, 0.5) is 24.8 Å². The number of amides is 1. The van der Waals surface area contributed by atoms with Crippen molar-refractivity contribution >= 4 is 38.9 Å². The minimum absolute atomic E-state index is 0.0252. The second-order valence-electron chi connectivity index (χ2n) is 8.93. The van der Waals surface area contributed by atoms with Crippen LogP contribution in [0.15, 0.2) is 53.6 Å². The molecule has 0 saturated heterocycles. The molecule has 0 radical (unpaired) electrons. The molecule has 0 unspecified atom stereocenters. The Morgan fingerprint density at radius 2 is 1.85 bits per heavy atom. The number of carbonyl (C=O) groups excluding carboxylic acids is 1. The normalized spacial score (nSPS) is 11.5. The minimum atomic E-state index is -4.67. The van der Waals surface area contributed by atoms with E-state index in [4.69, 9.17) is 5.11 Å². The van der Waals surface area contributed by atoms with Gasteiger partial charge >= 0.3 is 0 Å². The number of sulfonamides is 1. The van der Waals surface area contributed by atoms with Gasteiger partial charge in [-0.3, -0.25) is 9.52 Å². The average molecular weight is 607 g/mol. The third kappa shape index (κ3) is 6.99. The van der Waals surface area contributed by atoms with E-state index in [2.05, 4.69) is 25.6 Å². The summed E-state index contributed by atoms with van der Waals surface area (Å²) in [5.74, 6) is -3.45. The first kappa shape index (κ1) is 29.9. The second-order valence-corrected chi connectivity index (χ2v) is 11.6. The molecule has 4 rings (SSSR count). The molecule has 41 heavy (non-hydrogen) atoms. The smallest absolute Gasteiger partial charge is 0.265 e. The van der Waals surface area contributed by atoms with Crippen LogP contribution in [0.1, 0.15) is 24.8 Å². The van der Waals surface area contributed by atoms with Gasteiger partial charge in [0.25, 0.3) is 10.0 Å². The summed E-state index contributed by atoms with van der Waals surface area (Å²) in [6.45, 7) is 3.68. The lowest BCUT2D eigenvalue weighted by Crippen LogP contribution is -2.31. The number of thiazole rings is 1. The Morgan fingerprint density at radius 3 is 2.59 bits per heavy atom. The fraction of sp³-hybridized carbons (Fsp3) is 0.231. The molecular formula is C26H25F3N6O4S2. The second kappa shape index (κ2) is 12.6. The van der Waals surface area contributed by atoms with E-state index in [1.807, 2.05) is 18.6 Å². The molecule has 2 aromatic carbocycles. The minimum Gasteiger partial charge on any atom is -0.387 e. The SMILES string of the molecule is CC(C)c1nc(-c2cccc(NS(=O)(=O)c3cc(F)ccc3F)c2F)c(-c2ccnc(NCCNC(=O)CO)n2)s1. The fourth-order valence-corrected chi connectivity index (χ4v) is 5.82. The summed E-state index contributed by atoms with van der Waals surface area (Å²) in [7, 11) is -4.67. The molecule has 4 aromatic rings. The zero-order valence-electron chi connectivity index (χ0n) is 21.8. The van der Waals surface area contributed by atoms with Crippen molar-refractivity contribution in [3.05, 3.63) is 71.1 Å². The number of aliphatic hydroxyl groups excluding tert-OH is 1. The number of benzene rings is 2. The molecule has 4 N–H and O–H groups in total. The highest BCUT2D eigenvalue weighted by Crippen LogP contribution is 2.40. The molecule has 216 valence electrons. The van der Waals surface area contributed by atoms with Gasteiger partial charge in [-0.1, -0.05) is 19.9 Å². The number of anilines is 2. The number of hydrogen-bond acceptors (Lipinski definition) is 9. The Labute approximate surface area is 237 Å². The van der Waals surface area contributed by atoms with Gasteiger partial charge in [-0.25, -0.2) is 36.5 Å². The lowest BCUT2D eigenvalue weighted by Gasteiger charge is -2.12. The van der Waals surface area contributed by atoms with E-state index in [0.717, 1.165) is 12.1 Å². The first-order valence-electron chi connectivity index (χ1n) is 12.2. The molecule has 0 spiro atoms. The molecule has 0 bridgehead atoms. The van der Waals surface area contributed by atoms with Crippen LogP contribution in [0.5, 0.6) is 0 Å². The van der Waals surface area contributed by atoms with Gasteiger partial charge in [-0.15, -0.1) is 11.3 Å².